The number of carbonyl (C=O) groups excluding carboxylic acids is 1. The predicted molar refractivity (Wildman–Crippen MR) is 84.4 cm³/mol. The minimum absolute atomic E-state index is 0.0224. The molecule has 1 aliphatic rings. The summed E-state index contributed by atoms with van der Waals surface area (Å²) in [5.74, 6) is 0.764. The fourth-order valence-corrected chi connectivity index (χ4v) is 2.76. The van der Waals surface area contributed by atoms with E-state index in [4.69, 9.17) is 0 Å². The second-order valence-corrected chi connectivity index (χ2v) is 5.62. The number of anilines is 1. The number of unbranched alkanes of at least 4 members (excludes halogenated alkanes) is 1. The van der Waals surface area contributed by atoms with Crippen molar-refractivity contribution >= 4 is 11.7 Å². The number of rotatable bonds is 6. The maximum absolute atomic E-state index is 12.5. The number of carbonyl (C=O) groups is 1. The average molecular weight is 290 g/mol. The third kappa shape index (κ3) is 4.16. The maximum Gasteiger partial charge on any atom is 0.274 e. The first-order valence-electron chi connectivity index (χ1n) is 8.13. The predicted octanol–water partition coefficient (Wildman–Crippen LogP) is 3.09. The van der Waals surface area contributed by atoms with Gasteiger partial charge in [-0.05, 0) is 32.1 Å². The molecule has 1 saturated heterocycles. The smallest absolute Gasteiger partial charge is 0.274 e. The second-order valence-electron chi connectivity index (χ2n) is 5.62. The maximum atomic E-state index is 12.5. The van der Waals surface area contributed by atoms with Gasteiger partial charge in [0, 0.05) is 19.1 Å². The molecule has 0 radical (unpaired) electrons. The normalized spacial score (nSPS) is 18.6. The topological polar surface area (TPSA) is 58.1 Å². The highest BCUT2D eigenvalue weighted by molar-refractivity contribution is 5.92. The fraction of sp³-hybridized carbons (Fsp3) is 0.688. The van der Waals surface area contributed by atoms with Crippen LogP contribution >= 0.6 is 0 Å². The van der Waals surface area contributed by atoms with E-state index < -0.39 is 0 Å². The largest absolute Gasteiger partial charge is 0.369 e. The zero-order valence-electron chi connectivity index (χ0n) is 13.1. The van der Waals surface area contributed by atoms with E-state index in [0.29, 0.717) is 11.7 Å². The standard InChI is InChI=1S/C16H26N4O/c1-3-5-9-17-15-12-18-14(11-19-15)16(21)20-10-7-6-8-13(20)4-2/h11-13H,3-10H2,1-2H3,(H,17,19). The number of nitrogens with one attached hydrogen (secondary N) is 1. The molecule has 116 valence electrons. The molecule has 1 N–H and O–H groups in total. The number of amides is 1. The first kappa shape index (κ1) is 15.7. The molecular formula is C16H26N4O. The first-order chi connectivity index (χ1) is 10.3. The highest BCUT2D eigenvalue weighted by Crippen LogP contribution is 2.21. The van der Waals surface area contributed by atoms with Crippen molar-refractivity contribution in [2.45, 2.75) is 58.4 Å². The van der Waals surface area contributed by atoms with Crippen LogP contribution in [0.25, 0.3) is 0 Å². The van der Waals surface area contributed by atoms with Crippen LogP contribution in [0.4, 0.5) is 5.82 Å². The van der Waals surface area contributed by atoms with Gasteiger partial charge in [-0.2, -0.15) is 0 Å². The molecule has 0 bridgehead atoms. The molecule has 0 aromatic carbocycles. The van der Waals surface area contributed by atoms with Gasteiger partial charge in [0.15, 0.2) is 0 Å². The lowest BCUT2D eigenvalue weighted by atomic mass is 10.00. The molecule has 1 atom stereocenters. The van der Waals surface area contributed by atoms with Gasteiger partial charge in [-0.25, -0.2) is 9.97 Å². The van der Waals surface area contributed by atoms with E-state index in [0.717, 1.165) is 51.0 Å². The van der Waals surface area contributed by atoms with Crippen molar-refractivity contribution in [1.82, 2.24) is 14.9 Å². The molecule has 1 unspecified atom stereocenters. The summed E-state index contributed by atoms with van der Waals surface area (Å²) >= 11 is 0. The Balaban J connectivity index is 1.98. The minimum atomic E-state index is 0.0224. The van der Waals surface area contributed by atoms with E-state index in [9.17, 15) is 4.79 Å². The van der Waals surface area contributed by atoms with Crippen molar-refractivity contribution in [3.05, 3.63) is 18.1 Å². The van der Waals surface area contributed by atoms with Gasteiger partial charge in [-0.3, -0.25) is 4.79 Å². The molecule has 0 saturated carbocycles. The summed E-state index contributed by atoms with van der Waals surface area (Å²) in [7, 11) is 0. The van der Waals surface area contributed by atoms with Gasteiger partial charge < -0.3 is 10.2 Å². The zero-order valence-corrected chi connectivity index (χ0v) is 13.1. The van der Waals surface area contributed by atoms with Crippen molar-refractivity contribution in [2.75, 3.05) is 18.4 Å². The van der Waals surface area contributed by atoms with Gasteiger partial charge in [0.2, 0.25) is 0 Å². The summed E-state index contributed by atoms with van der Waals surface area (Å²) in [6.07, 6.45) is 9.92. The van der Waals surface area contributed by atoms with E-state index in [-0.39, 0.29) is 5.91 Å². The third-order valence-corrected chi connectivity index (χ3v) is 4.07. The van der Waals surface area contributed by atoms with Gasteiger partial charge >= 0.3 is 0 Å². The van der Waals surface area contributed by atoms with Crippen molar-refractivity contribution in [1.29, 1.82) is 0 Å². The number of likely N-dealkylation sites (tertiary alicyclic amines) is 1. The summed E-state index contributed by atoms with van der Waals surface area (Å²) in [4.78, 5) is 23.1. The number of hydrogen-bond acceptors (Lipinski definition) is 4. The van der Waals surface area contributed by atoms with Gasteiger partial charge in [0.05, 0.1) is 12.4 Å². The van der Waals surface area contributed by atoms with E-state index in [2.05, 4.69) is 29.1 Å². The highest BCUT2D eigenvalue weighted by atomic mass is 16.2. The molecule has 1 aromatic rings. The van der Waals surface area contributed by atoms with Crippen LogP contribution in [0.15, 0.2) is 12.4 Å². The molecule has 0 spiro atoms. The Hall–Kier alpha value is -1.65. The van der Waals surface area contributed by atoms with E-state index in [1.807, 2.05) is 4.90 Å². The van der Waals surface area contributed by atoms with Gasteiger partial charge in [0.1, 0.15) is 11.5 Å². The van der Waals surface area contributed by atoms with Crippen molar-refractivity contribution in [3.8, 4) is 0 Å². The lowest BCUT2D eigenvalue weighted by Gasteiger charge is -2.34. The van der Waals surface area contributed by atoms with Crippen LogP contribution in [0.5, 0.6) is 0 Å². The molecule has 2 rings (SSSR count). The van der Waals surface area contributed by atoms with Crippen LogP contribution < -0.4 is 5.32 Å². The Morgan fingerprint density at radius 1 is 1.33 bits per heavy atom. The summed E-state index contributed by atoms with van der Waals surface area (Å²) in [5, 5.41) is 3.21. The van der Waals surface area contributed by atoms with Gasteiger partial charge in [-0.15, -0.1) is 0 Å². The minimum Gasteiger partial charge on any atom is -0.369 e. The van der Waals surface area contributed by atoms with Crippen LogP contribution in [0.1, 0.15) is 62.9 Å². The first-order valence-corrected chi connectivity index (χ1v) is 8.13. The molecule has 1 fully saturated rings. The van der Waals surface area contributed by atoms with Crippen molar-refractivity contribution < 1.29 is 4.79 Å². The second kappa shape index (κ2) is 7.96. The average Bonchev–Trinajstić information content (AvgIpc) is 2.55. The van der Waals surface area contributed by atoms with E-state index >= 15 is 0 Å². The van der Waals surface area contributed by atoms with Crippen LogP contribution in [-0.4, -0.2) is 39.9 Å². The molecule has 1 amide bonds. The number of aromatic nitrogens is 2. The molecule has 0 aliphatic carbocycles. The van der Waals surface area contributed by atoms with Crippen LogP contribution in [0.2, 0.25) is 0 Å². The quantitative estimate of drug-likeness (QED) is 0.818. The Morgan fingerprint density at radius 3 is 2.86 bits per heavy atom. The monoisotopic (exact) mass is 290 g/mol. The Labute approximate surface area is 127 Å². The van der Waals surface area contributed by atoms with Crippen LogP contribution in [-0.2, 0) is 0 Å². The van der Waals surface area contributed by atoms with Gasteiger partial charge in [-0.1, -0.05) is 20.3 Å². The van der Waals surface area contributed by atoms with Gasteiger partial charge in [0.25, 0.3) is 5.91 Å². The van der Waals surface area contributed by atoms with E-state index in [1.54, 1.807) is 12.4 Å². The Kier molecular flexibility index (Phi) is 5.96. The molecule has 21 heavy (non-hydrogen) atoms. The summed E-state index contributed by atoms with van der Waals surface area (Å²) < 4.78 is 0. The Morgan fingerprint density at radius 2 is 2.19 bits per heavy atom. The van der Waals surface area contributed by atoms with Crippen LogP contribution in [0, 0.1) is 0 Å². The number of piperidine rings is 1. The highest BCUT2D eigenvalue weighted by Gasteiger charge is 2.26. The van der Waals surface area contributed by atoms with Crippen molar-refractivity contribution in [3.63, 3.8) is 0 Å². The molecular weight excluding hydrogens is 264 g/mol. The number of hydrogen-bond donors (Lipinski definition) is 1. The summed E-state index contributed by atoms with van der Waals surface area (Å²) in [6.45, 7) is 6.03. The summed E-state index contributed by atoms with van der Waals surface area (Å²) in [5.41, 5.74) is 0.455. The molecule has 2 heterocycles. The van der Waals surface area contributed by atoms with Crippen molar-refractivity contribution in [2.24, 2.45) is 0 Å². The number of nitrogens with zero attached hydrogens (tertiary/aromatic N) is 3. The molecule has 1 aliphatic heterocycles. The molecule has 5 heteroatoms. The van der Waals surface area contributed by atoms with E-state index in [1.165, 1.54) is 6.42 Å². The zero-order chi connectivity index (χ0) is 15.1. The third-order valence-electron chi connectivity index (χ3n) is 4.07. The Bertz CT molecular complexity index is 446. The molecule has 5 nitrogen and oxygen atoms in total. The molecule has 1 aromatic heterocycles. The fourth-order valence-electron chi connectivity index (χ4n) is 2.76. The SMILES string of the molecule is CCCCNc1cnc(C(=O)N2CCCCC2CC)cn1. The van der Waals surface area contributed by atoms with Crippen LogP contribution in [0.3, 0.4) is 0 Å². The lowest BCUT2D eigenvalue weighted by molar-refractivity contribution is 0.0601. The summed E-state index contributed by atoms with van der Waals surface area (Å²) in [6, 6.07) is 0.357. The lowest BCUT2D eigenvalue weighted by Crippen LogP contribution is -2.43.